The fourth-order valence-electron chi connectivity index (χ4n) is 4.49. The zero-order valence-electron chi connectivity index (χ0n) is 17.3. The summed E-state index contributed by atoms with van der Waals surface area (Å²) in [5, 5.41) is 1.04. The van der Waals surface area contributed by atoms with E-state index in [0.717, 1.165) is 52.8 Å². The van der Waals surface area contributed by atoms with Crippen molar-refractivity contribution in [2.45, 2.75) is 25.7 Å². The molecule has 3 heterocycles. The Labute approximate surface area is 175 Å². The van der Waals surface area contributed by atoms with E-state index in [1.165, 1.54) is 0 Å². The minimum Gasteiger partial charge on any atom is -0.397 e. The smallest absolute Gasteiger partial charge is 0.253 e. The molecule has 1 atom stereocenters. The van der Waals surface area contributed by atoms with Gasteiger partial charge in [-0.1, -0.05) is 18.2 Å². The summed E-state index contributed by atoms with van der Waals surface area (Å²) in [5.41, 5.74) is 11.5. The molecule has 152 valence electrons. The third-order valence-electron chi connectivity index (χ3n) is 6.23. The molecule has 0 spiro atoms. The number of nitrogen functional groups attached to an aromatic ring is 1. The second-order valence-electron chi connectivity index (χ2n) is 8.17. The van der Waals surface area contributed by atoms with E-state index >= 15 is 0 Å². The van der Waals surface area contributed by atoms with Gasteiger partial charge in [-0.2, -0.15) is 0 Å². The third-order valence-corrected chi connectivity index (χ3v) is 6.23. The number of pyridine rings is 1. The first-order valence-electron chi connectivity index (χ1n) is 10.4. The predicted molar refractivity (Wildman–Crippen MR) is 119 cm³/mol. The summed E-state index contributed by atoms with van der Waals surface area (Å²) in [6, 6.07) is 15.8. The Kier molecular flexibility index (Phi) is 4.42. The van der Waals surface area contributed by atoms with Crippen LogP contribution in [0.15, 0.2) is 48.5 Å². The van der Waals surface area contributed by atoms with E-state index in [0.29, 0.717) is 17.8 Å². The first-order chi connectivity index (χ1) is 14.5. The number of piperidine rings is 1. The highest BCUT2D eigenvalue weighted by Gasteiger charge is 2.28. The number of imidazole rings is 1. The van der Waals surface area contributed by atoms with Gasteiger partial charge in [-0.15, -0.1) is 0 Å². The van der Waals surface area contributed by atoms with Crippen LogP contribution in [-0.4, -0.2) is 38.4 Å². The molecule has 1 aliphatic heterocycles. The lowest BCUT2D eigenvalue weighted by atomic mass is 9.92. The molecule has 0 aliphatic carbocycles. The number of anilines is 1. The molecule has 5 rings (SSSR count). The largest absolute Gasteiger partial charge is 0.397 e. The second kappa shape index (κ2) is 7.13. The molecule has 0 saturated carbocycles. The number of nitrogens with two attached hydrogens (primary N) is 1. The normalized spacial score (nSPS) is 17.0. The van der Waals surface area contributed by atoms with E-state index in [-0.39, 0.29) is 11.8 Å². The van der Waals surface area contributed by atoms with Crippen LogP contribution in [0.2, 0.25) is 0 Å². The van der Waals surface area contributed by atoms with Gasteiger partial charge in [-0.3, -0.25) is 9.78 Å². The zero-order chi connectivity index (χ0) is 20.8. The van der Waals surface area contributed by atoms with Crippen molar-refractivity contribution in [3.8, 4) is 0 Å². The SMILES string of the molecule is Cc1nc2cc(C(=O)N3CCCC(c4nc5ccccc5cc4N)C3)ccc2n1C. The summed E-state index contributed by atoms with van der Waals surface area (Å²) < 4.78 is 2.04. The molecule has 30 heavy (non-hydrogen) atoms. The Morgan fingerprint density at radius 3 is 2.80 bits per heavy atom. The number of rotatable bonds is 2. The van der Waals surface area contributed by atoms with Crippen LogP contribution < -0.4 is 5.73 Å². The van der Waals surface area contributed by atoms with E-state index in [4.69, 9.17) is 10.7 Å². The van der Waals surface area contributed by atoms with E-state index in [1.54, 1.807) is 0 Å². The number of para-hydroxylation sites is 1. The molecule has 2 N–H and O–H groups in total. The van der Waals surface area contributed by atoms with Gasteiger partial charge in [-0.25, -0.2) is 4.98 Å². The predicted octanol–water partition coefficient (Wildman–Crippen LogP) is 4.03. The summed E-state index contributed by atoms with van der Waals surface area (Å²) in [4.78, 5) is 24.6. The van der Waals surface area contributed by atoms with Crippen LogP contribution in [-0.2, 0) is 7.05 Å². The number of fused-ring (bicyclic) bond motifs is 2. The standard InChI is InChI=1S/C24H25N5O/c1-15-26-21-13-17(9-10-22(21)28(15)2)24(30)29-11-5-7-18(14-29)23-19(25)12-16-6-3-4-8-20(16)27-23/h3-4,6,8-10,12-13,18H,5,7,11,14,25H2,1-2H3. The van der Waals surface area contributed by atoms with Crippen molar-refractivity contribution < 1.29 is 4.79 Å². The van der Waals surface area contributed by atoms with Gasteiger partial charge in [0.2, 0.25) is 0 Å². The van der Waals surface area contributed by atoms with Crippen LogP contribution >= 0.6 is 0 Å². The number of carbonyl (C=O) groups is 1. The van der Waals surface area contributed by atoms with E-state index < -0.39 is 0 Å². The molecule has 1 amide bonds. The molecule has 0 bridgehead atoms. The van der Waals surface area contributed by atoms with Gasteiger partial charge in [0.05, 0.1) is 27.9 Å². The number of nitrogens with zero attached hydrogens (tertiary/aromatic N) is 4. The lowest BCUT2D eigenvalue weighted by molar-refractivity contribution is 0.0706. The molecule has 1 saturated heterocycles. The molecule has 2 aromatic carbocycles. The number of likely N-dealkylation sites (tertiary alicyclic amines) is 1. The number of aryl methyl sites for hydroxylation is 2. The van der Waals surface area contributed by atoms with Crippen molar-refractivity contribution in [1.82, 2.24) is 19.4 Å². The number of amides is 1. The Bertz CT molecular complexity index is 1280. The van der Waals surface area contributed by atoms with E-state index in [2.05, 4.69) is 4.98 Å². The molecular formula is C24H25N5O. The van der Waals surface area contributed by atoms with E-state index in [9.17, 15) is 4.79 Å². The van der Waals surface area contributed by atoms with Crippen LogP contribution in [0, 0.1) is 6.92 Å². The highest BCUT2D eigenvalue weighted by molar-refractivity contribution is 5.97. The molecule has 1 aliphatic rings. The van der Waals surface area contributed by atoms with Gasteiger partial charge in [0.25, 0.3) is 5.91 Å². The molecule has 1 fully saturated rings. The minimum absolute atomic E-state index is 0.0456. The monoisotopic (exact) mass is 399 g/mol. The lowest BCUT2D eigenvalue weighted by Gasteiger charge is -2.33. The molecule has 0 radical (unpaired) electrons. The topological polar surface area (TPSA) is 77.0 Å². The van der Waals surface area contributed by atoms with Crippen molar-refractivity contribution in [1.29, 1.82) is 0 Å². The van der Waals surface area contributed by atoms with Gasteiger partial charge in [0.1, 0.15) is 5.82 Å². The maximum atomic E-state index is 13.2. The highest BCUT2D eigenvalue weighted by Crippen LogP contribution is 2.32. The summed E-state index contributed by atoms with van der Waals surface area (Å²) >= 11 is 0. The lowest BCUT2D eigenvalue weighted by Crippen LogP contribution is -2.39. The number of hydrogen-bond acceptors (Lipinski definition) is 4. The van der Waals surface area contributed by atoms with Gasteiger partial charge < -0.3 is 15.2 Å². The second-order valence-corrected chi connectivity index (χ2v) is 8.17. The number of aromatic nitrogens is 3. The molecular weight excluding hydrogens is 374 g/mol. The minimum atomic E-state index is 0.0456. The number of hydrogen-bond donors (Lipinski definition) is 1. The Morgan fingerprint density at radius 1 is 1.10 bits per heavy atom. The van der Waals surface area contributed by atoms with Crippen LogP contribution in [0.3, 0.4) is 0 Å². The summed E-state index contributed by atoms with van der Waals surface area (Å²) in [5.74, 6) is 1.13. The first-order valence-corrected chi connectivity index (χ1v) is 10.4. The zero-order valence-corrected chi connectivity index (χ0v) is 17.3. The first kappa shape index (κ1) is 18.6. The van der Waals surface area contributed by atoms with Crippen molar-refractivity contribution in [2.75, 3.05) is 18.8 Å². The maximum absolute atomic E-state index is 13.2. The van der Waals surface area contributed by atoms with E-state index in [1.807, 2.05) is 72.0 Å². The summed E-state index contributed by atoms with van der Waals surface area (Å²) in [6.07, 6.45) is 1.92. The van der Waals surface area contributed by atoms with Crippen molar-refractivity contribution >= 4 is 33.5 Å². The Morgan fingerprint density at radius 2 is 1.93 bits per heavy atom. The van der Waals surface area contributed by atoms with Gasteiger partial charge in [-0.05, 0) is 50.1 Å². The van der Waals surface area contributed by atoms with Crippen LogP contribution in [0.4, 0.5) is 5.69 Å². The summed E-state index contributed by atoms with van der Waals surface area (Å²) in [7, 11) is 1.99. The maximum Gasteiger partial charge on any atom is 0.253 e. The average molecular weight is 399 g/mol. The van der Waals surface area contributed by atoms with Gasteiger partial charge >= 0.3 is 0 Å². The van der Waals surface area contributed by atoms with Crippen molar-refractivity contribution in [3.05, 3.63) is 65.6 Å². The van der Waals surface area contributed by atoms with Crippen LogP contribution in [0.25, 0.3) is 21.9 Å². The molecule has 1 unspecified atom stereocenters. The fourth-order valence-corrected chi connectivity index (χ4v) is 4.49. The molecule has 2 aromatic heterocycles. The van der Waals surface area contributed by atoms with Crippen LogP contribution in [0.5, 0.6) is 0 Å². The van der Waals surface area contributed by atoms with Crippen molar-refractivity contribution in [3.63, 3.8) is 0 Å². The quantitative estimate of drug-likeness (QED) is 0.552. The molecule has 4 aromatic rings. The van der Waals surface area contributed by atoms with Gasteiger partial charge in [0, 0.05) is 37.0 Å². The molecule has 6 nitrogen and oxygen atoms in total. The molecule has 6 heteroatoms. The van der Waals surface area contributed by atoms with Crippen LogP contribution in [0.1, 0.15) is 40.6 Å². The number of carbonyl (C=O) groups excluding carboxylic acids is 1. The summed E-state index contributed by atoms with van der Waals surface area (Å²) in [6.45, 7) is 3.35. The average Bonchev–Trinajstić information content (AvgIpc) is 3.05. The van der Waals surface area contributed by atoms with Gasteiger partial charge in [0.15, 0.2) is 0 Å². The Balaban J connectivity index is 1.42. The Hall–Kier alpha value is -3.41. The fraction of sp³-hybridized carbons (Fsp3) is 0.292. The van der Waals surface area contributed by atoms with Crippen molar-refractivity contribution in [2.24, 2.45) is 7.05 Å². The third kappa shape index (κ3) is 3.09. The number of benzene rings is 2. The highest BCUT2D eigenvalue weighted by atomic mass is 16.2.